The Morgan fingerprint density at radius 2 is 1.12 bits per heavy atom. The maximum absolute atomic E-state index is 12.2. The van der Waals surface area contributed by atoms with Crippen LogP contribution in [0.4, 0.5) is 0 Å². The van der Waals surface area contributed by atoms with Gasteiger partial charge in [0.1, 0.15) is 52.3 Å². The molecule has 16 heteroatoms. The van der Waals surface area contributed by atoms with E-state index in [1.165, 1.54) is 15.7 Å². The molecule has 148 valence electrons. The van der Waals surface area contributed by atoms with Gasteiger partial charge in [0.2, 0.25) is 0 Å². The highest BCUT2D eigenvalue weighted by Crippen LogP contribution is 2.51. The fraction of sp³-hybridized carbons (Fsp3) is 1.00. The summed E-state index contributed by atoms with van der Waals surface area (Å²) >= 11 is 0. The fourth-order valence-electron chi connectivity index (χ4n) is 3.07. The zero-order chi connectivity index (χ0) is 19.3. The number of phosphoric ester groups is 2. The van der Waals surface area contributed by atoms with Crippen molar-refractivity contribution in [3.05, 3.63) is 0 Å². The lowest BCUT2D eigenvalue weighted by atomic mass is 9.93. The summed E-state index contributed by atoms with van der Waals surface area (Å²) in [6, 6.07) is -1.55. The van der Waals surface area contributed by atoms with Crippen LogP contribution in [-0.2, 0) is 36.7 Å². The molecule has 0 spiro atoms. The Labute approximate surface area is 150 Å². The lowest BCUT2D eigenvalue weighted by Crippen LogP contribution is -2.39. The van der Waals surface area contributed by atoms with Gasteiger partial charge in [-0.1, -0.05) is 0 Å². The van der Waals surface area contributed by atoms with Crippen molar-refractivity contribution in [1.82, 2.24) is 0 Å². The molecule has 3 saturated heterocycles. The molecule has 0 aromatic rings. The fourth-order valence-corrected chi connectivity index (χ4v) is 5.00. The van der Waals surface area contributed by atoms with Gasteiger partial charge in [-0.2, -0.15) is 0 Å². The van der Waals surface area contributed by atoms with Gasteiger partial charge < -0.3 is 29.5 Å². The van der Waals surface area contributed by atoms with Crippen LogP contribution in [0.5, 0.6) is 0 Å². The summed E-state index contributed by atoms with van der Waals surface area (Å²) in [6.45, 7) is -1.13. The molecule has 3 aliphatic heterocycles. The Bertz CT molecular complexity index is 571. The highest BCUT2D eigenvalue weighted by Gasteiger charge is 2.50. The van der Waals surface area contributed by atoms with Crippen molar-refractivity contribution in [3.8, 4) is 0 Å². The van der Waals surface area contributed by atoms with Crippen molar-refractivity contribution in [3.63, 3.8) is 0 Å². The van der Waals surface area contributed by atoms with E-state index in [1.54, 1.807) is 0 Å². The number of rotatable bonds is 0. The van der Waals surface area contributed by atoms with E-state index >= 15 is 0 Å². The first-order valence-corrected chi connectivity index (χ1v) is 11.0. The molecule has 0 aromatic carbocycles. The molecule has 0 bridgehead atoms. The number of aliphatic hydroxyl groups excluding tert-OH is 2. The monoisotopic (exact) mass is 416 g/mol. The van der Waals surface area contributed by atoms with E-state index in [0.717, 1.165) is 0 Å². The zero-order valence-corrected chi connectivity index (χ0v) is 15.8. The van der Waals surface area contributed by atoms with Gasteiger partial charge in [0.25, 0.3) is 0 Å². The molecule has 0 saturated carbocycles. The number of aliphatic hydroxyl groups is 2. The lowest BCUT2D eigenvalue weighted by Gasteiger charge is -2.28. The van der Waals surface area contributed by atoms with Crippen LogP contribution in [0.3, 0.4) is 0 Å². The Balaban J connectivity index is 1.85. The van der Waals surface area contributed by atoms with E-state index in [1.807, 2.05) is 0 Å². The molecule has 4 unspecified atom stereocenters. The summed E-state index contributed by atoms with van der Waals surface area (Å²) in [7, 11) is -6.29. The van der Waals surface area contributed by atoms with Crippen LogP contribution in [0, 0.1) is 0 Å². The summed E-state index contributed by atoms with van der Waals surface area (Å²) in [6.07, 6.45) is -7.46. The van der Waals surface area contributed by atoms with Gasteiger partial charge in [0.15, 0.2) is 0 Å². The molecule has 3 rings (SSSR count). The topological polar surface area (TPSA) is 170 Å². The molecule has 0 aromatic heterocycles. The van der Waals surface area contributed by atoms with Crippen LogP contribution in [0.1, 0.15) is 0 Å². The van der Waals surface area contributed by atoms with Crippen molar-refractivity contribution in [1.29, 1.82) is 0 Å². The average Bonchev–Trinajstić information content (AvgIpc) is 2.95. The standard InChI is InChI=1S/C10H20B2O12P2/c11-9-5(13)7-3(21-9)1-19-25(15,16)24-8-4(22-10(12)6(8)14)2-20-26(17,18)23-7/h3-10,13-14H,1-2,11-12H2,(H,15,16)(H,17,18)/t3-,4-,5+,6+,7?,8?,9-,10-/m1/s1. The van der Waals surface area contributed by atoms with E-state index < -0.39 is 77.5 Å². The second-order valence-electron chi connectivity index (χ2n) is 6.41. The van der Waals surface area contributed by atoms with Crippen LogP contribution in [-0.4, -0.2) is 97.5 Å². The number of fused-ring (bicyclic) bond motifs is 2. The number of hydrogen-bond acceptors (Lipinski definition) is 10. The molecule has 3 fully saturated rings. The Morgan fingerprint density at radius 3 is 1.46 bits per heavy atom. The first-order chi connectivity index (χ1) is 12.0. The summed E-state index contributed by atoms with van der Waals surface area (Å²) in [5, 5.41) is 20.1. The highest BCUT2D eigenvalue weighted by atomic mass is 31.2. The Hall–Kier alpha value is 0.190. The summed E-state index contributed by atoms with van der Waals surface area (Å²) in [5.74, 6) is 0. The van der Waals surface area contributed by atoms with Crippen molar-refractivity contribution >= 4 is 31.3 Å². The third kappa shape index (κ3) is 4.43. The van der Waals surface area contributed by atoms with Crippen molar-refractivity contribution in [2.45, 2.75) is 48.6 Å². The third-order valence-corrected chi connectivity index (χ3v) is 6.43. The van der Waals surface area contributed by atoms with Gasteiger partial charge in [-0.3, -0.25) is 18.1 Å². The molecular formula is C10H20B2O12P2. The number of phosphoric acid groups is 2. The van der Waals surface area contributed by atoms with E-state index in [-0.39, 0.29) is 0 Å². The zero-order valence-electron chi connectivity index (χ0n) is 14.0. The predicted molar refractivity (Wildman–Crippen MR) is 87.7 cm³/mol. The summed E-state index contributed by atoms with van der Waals surface area (Å²) in [4.78, 5) is 19.8. The van der Waals surface area contributed by atoms with Crippen molar-refractivity contribution in [2.75, 3.05) is 13.2 Å². The first kappa shape index (κ1) is 20.9. The molecule has 3 aliphatic rings. The van der Waals surface area contributed by atoms with Gasteiger partial charge in [-0.05, 0) is 0 Å². The highest BCUT2D eigenvalue weighted by molar-refractivity contribution is 7.47. The quantitative estimate of drug-likeness (QED) is 0.227. The van der Waals surface area contributed by atoms with Gasteiger partial charge >= 0.3 is 15.6 Å². The second kappa shape index (κ2) is 7.55. The molecule has 0 amide bonds. The molecule has 12 nitrogen and oxygen atoms in total. The van der Waals surface area contributed by atoms with E-state index in [4.69, 9.17) is 27.6 Å². The minimum atomic E-state index is -4.64. The number of ether oxygens (including phenoxy) is 2. The SMILES string of the molecule is B[C@@H]1O[C@@H]2COP(=O)(O)OC3[C@@H](COP(=O)(O)OC2[C@@H]1O)O[C@@H](B)[C@H]3O. The first-order valence-electron chi connectivity index (χ1n) is 7.97. The van der Waals surface area contributed by atoms with Crippen LogP contribution in [0.25, 0.3) is 0 Å². The average molecular weight is 416 g/mol. The summed E-state index contributed by atoms with van der Waals surface area (Å²) in [5.41, 5.74) is 0. The van der Waals surface area contributed by atoms with E-state index in [0.29, 0.717) is 0 Å². The van der Waals surface area contributed by atoms with Gasteiger partial charge in [0.05, 0.1) is 25.2 Å². The number of hydrogen-bond donors (Lipinski definition) is 4. The van der Waals surface area contributed by atoms with E-state index in [2.05, 4.69) is 0 Å². The predicted octanol–water partition coefficient (Wildman–Crippen LogP) is -3.56. The largest absolute Gasteiger partial charge is 0.472 e. The normalized spacial score (nSPS) is 56.2. The molecule has 0 aliphatic carbocycles. The van der Waals surface area contributed by atoms with Gasteiger partial charge in [-0.15, -0.1) is 0 Å². The van der Waals surface area contributed by atoms with Crippen LogP contribution in [0.15, 0.2) is 0 Å². The molecule has 10 atom stereocenters. The minimum Gasteiger partial charge on any atom is -0.388 e. The van der Waals surface area contributed by atoms with Crippen molar-refractivity contribution < 1.29 is 56.7 Å². The molecular weight excluding hydrogens is 396 g/mol. The molecule has 26 heavy (non-hydrogen) atoms. The van der Waals surface area contributed by atoms with E-state index in [9.17, 15) is 29.1 Å². The maximum atomic E-state index is 12.2. The van der Waals surface area contributed by atoms with Gasteiger partial charge in [-0.25, -0.2) is 9.13 Å². The third-order valence-electron chi connectivity index (χ3n) is 4.46. The van der Waals surface area contributed by atoms with Crippen LogP contribution >= 0.6 is 15.6 Å². The second-order valence-corrected chi connectivity index (χ2v) is 9.22. The molecule has 0 radical (unpaired) electrons. The maximum Gasteiger partial charge on any atom is 0.472 e. The van der Waals surface area contributed by atoms with Crippen LogP contribution < -0.4 is 0 Å². The smallest absolute Gasteiger partial charge is 0.388 e. The Kier molecular flexibility index (Phi) is 6.07. The Morgan fingerprint density at radius 1 is 0.769 bits per heavy atom. The lowest BCUT2D eigenvalue weighted by molar-refractivity contribution is -0.0489. The molecule has 4 N–H and O–H groups in total. The van der Waals surface area contributed by atoms with Crippen molar-refractivity contribution in [2.24, 2.45) is 0 Å². The van der Waals surface area contributed by atoms with Gasteiger partial charge in [0, 0.05) is 0 Å². The summed E-state index contributed by atoms with van der Waals surface area (Å²) < 4.78 is 54.8. The molecule has 3 heterocycles. The minimum absolute atomic E-state index is 0.566. The van der Waals surface area contributed by atoms with Crippen LogP contribution in [0.2, 0.25) is 0 Å².